The zero-order chi connectivity index (χ0) is 12.3. The predicted molar refractivity (Wildman–Crippen MR) is 59.8 cm³/mol. The van der Waals surface area contributed by atoms with Crippen molar-refractivity contribution in [2.75, 3.05) is 5.73 Å². The number of anilines is 1. The molecule has 0 saturated heterocycles. The summed E-state index contributed by atoms with van der Waals surface area (Å²) in [5.41, 5.74) is 5.63. The summed E-state index contributed by atoms with van der Waals surface area (Å²) in [5.74, 6) is -0.0496. The highest BCUT2D eigenvalue weighted by Gasteiger charge is 2.03. The topological polar surface area (TPSA) is 71.9 Å². The van der Waals surface area contributed by atoms with E-state index in [1.54, 1.807) is 18.2 Å². The molecule has 5 heteroatoms. The van der Waals surface area contributed by atoms with Crippen LogP contribution in [0.4, 0.5) is 10.1 Å². The third-order valence-corrected chi connectivity index (χ3v) is 2.03. The number of nitriles is 1. The average molecular weight is 229 g/mol. The van der Waals surface area contributed by atoms with Crippen molar-refractivity contribution in [1.29, 1.82) is 5.26 Å². The number of nitrogens with two attached hydrogens (primary N) is 1. The van der Waals surface area contributed by atoms with Crippen LogP contribution in [0.5, 0.6) is 11.6 Å². The van der Waals surface area contributed by atoms with Crippen molar-refractivity contribution in [3.63, 3.8) is 0 Å². The number of aromatic nitrogens is 1. The SMILES string of the molecule is N#Cc1cccc(Oc2ccc(N)c(F)c2)n1. The lowest BCUT2D eigenvalue weighted by Gasteiger charge is -2.05. The normalized spacial score (nSPS) is 9.65. The number of halogens is 1. The molecule has 0 aliphatic carbocycles. The van der Waals surface area contributed by atoms with Gasteiger partial charge in [0.25, 0.3) is 0 Å². The molecule has 17 heavy (non-hydrogen) atoms. The molecule has 84 valence electrons. The van der Waals surface area contributed by atoms with Crippen LogP contribution in [0.1, 0.15) is 5.69 Å². The molecule has 1 aromatic heterocycles. The molecule has 2 rings (SSSR count). The summed E-state index contributed by atoms with van der Waals surface area (Å²) >= 11 is 0. The van der Waals surface area contributed by atoms with Crippen molar-refractivity contribution in [2.24, 2.45) is 0 Å². The van der Waals surface area contributed by atoms with Crippen LogP contribution in [0.2, 0.25) is 0 Å². The molecular weight excluding hydrogens is 221 g/mol. The van der Waals surface area contributed by atoms with Crippen molar-refractivity contribution in [1.82, 2.24) is 4.98 Å². The zero-order valence-electron chi connectivity index (χ0n) is 8.72. The third kappa shape index (κ3) is 2.49. The van der Waals surface area contributed by atoms with Crippen LogP contribution in [0.3, 0.4) is 0 Å². The first-order valence-corrected chi connectivity index (χ1v) is 4.79. The van der Waals surface area contributed by atoms with Gasteiger partial charge < -0.3 is 10.5 Å². The van der Waals surface area contributed by atoms with E-state index in [4.69, 9.17) is 15.7 Å². The highest BCUT2D eigenvalue weighted by Crippen LogP contribution is 2.22. The largest absolute Gasteiger partial charge is 0.439 e. The summed E-state index contributed by atoms with van der Waals surface area (Å²) in [4.78, 5) is 3.90. The maximum absolute atomic E-state index is 13.1. The van der Waals surface area contributed by atoms with Crippen molar-refractivity contribution in [3.05, 3.63) is 47.9 Å². The number of hydrogen-bond acceptors (Lipinski definition) is 4. The Morgan fingerprint density at radius 3 is 2.82 bits per heavy atom. The van der Waals surface area contributed by atoms with E-state index in [-0.39, 0.29) is 23.0 Å². The lowest BCUT2D eigenvalue weighted by atomic mass is 10.3. The van der Waals surface area contributed by atoms with Gasteiger partial charge in [-0.05, 0) is 18.2 Å². The quantitative estimate of drug-likeness (QED) is 0.803. The Labute approximate surface area is 97.1 Å². The van der Waals surface area contributed by atoms with Gasteiger partial charge in [-0.2, -0.15) is 5.26 Å². The number of rotatable bonds is 2. The third-order valence-electron chi connectivity index (χ3n) is 2.03. The maximum Gasteiger partial charge on any atom is 0.220 e. The molecule has 0 radical (unpaired) electrons. The molecule has 0 unspecified atom stereocenters. The first-order chi connectivity index (χ1) is 8.19. The van der Waals surface area contributed by atoms with E-state index < -0.39 is 5.82 Å². The Morgan fingerprint density at radius 2 is 2.12 bits per heavy atom. The van der Waals surface area contributed by atoms with Gasteiger partial charge in [0.1, 0.15) is 23.3 Å². The van der Waals surface area contributed by atoms with Gasteiger partial charge in [0, 0.05) is 12.1 Å². The molecule has 2 N–H and O–H groups in total. The molecule has 0 aliphatic heterocycles. The van der Waals surface area contributed by atoms with Crippen molar-refractivity contribution in [3.8, 4) is 17.7 Å². The number of nitrogens with zero attached hydrogens (tertiary/aromatic N) is 2. The van der Waals surface area contributed by atoms with E-state index in [0.717, 1.165) is 6.07 Å². The van der Waals surface area contributed by atoms with Crippen LogP contribution in [0.15, 0.2) is 36.4 Å². The van der Waals surface area contributed by atoms with E-state index in [1.807, 2.05) is 6.07 Å². The summed E-state index contributed by atoms with van der Waals surface area (Å²) < 4.78 is 18.4. The van der Waals surface area contributed by atoms with Gasteiger partial charge in [0.2, 0.25) is 5.88 Å². The molecule has 0 amide bonds. The second-order valence-corrected chi connectivity index (χ2v) is 3.26. The summed E-state index contributed by atoms with van der Waals surface area (Å²) in [7, 11) is 0. The Hall–Kier alpha value is -2.61. The standard InChI is InChI=1S/C12H8FN3O/c13-10-6-9(4-5-11(10)15)17-12-3-1-2-8(7-14)16-12/h1-6H,15H2. The van der Waals surface area contributed by atoms with Crippen LogP contribution in [0, 0.1) is 17.1 Å². The van der Waals surface area contributed by atoms with Crippen LogP contribution in [-0.2, 0) is 0 Å². The van der Waals surface area contributed by atoms with Gasteiger partial charge in [-0.25, -0.2) is 9.37 Å². The summed E-state index contributed by atoms with van der Waals surface area (Å²) in [6, 6.07) is 10.7. The first-order valence-electron chi connectivity index (χ1n) is 4.79. The minimum atomic E-state index is -0.557. The smallest absolute Gasteiger partial charge is 0.220 e. The number of benzene rings is 1. The van der Waals surface area contributed by atoms with Crippen LogP contribution >= 0.6 is 0 Å². The molecule has 0 atom stereocenters. The Balaban J connectivity index is 2.25. The average Bonchev–Trinajstić information content (AvgIpc) is 2.34. The Bertz CT molecular complexity index is 593. The minimum absolute atomic E-state index is 0.0519. The lowest BCUT2D eigenvalue weighted by Crippen LogP contribution is -1.93. The fourth-order valence-corrected chi connectivity index (χ4v) is 1.23. The second kappa shape index (κ2) is 4.49. The van der Waals surface area contributed by atoms with Gasteiger partial charge >= 0.3 is 0 Å². The van der Waals surface area contributed by atoms with E-state index in [0.29, 0.717) is 0 Å². The van der Waals surface area contributed by atoms with E-state index in [9.17, 15) is 4.39 Å². The fraction of sp³-hybridized carbons (Fsp3) is 0. The fourth-order valence-electron chi connectivity index (χ4n) is 1.23. The molecule has 0 saturated carbocycles. The Kier molecular flexibility index (Phi) is 2.88. The molecule has 1 aromatic carbocycles. The molecule has 0 fully saturated rings. The van der Waals surface area contributed by atoms with Crippen LogP contribution in [-0.4, -0.2) is 4.98 Å². The van der Waals surface area contributed by atoms with Crippen molar-refractivity contribution < 1.29 is 9.13 Å². The van der Waals surface area contributed by atoms with Crippen LogP contribution < -0.4 is 10.5 Å². The molecule has 4 nitrogen and oxygen atoms in total. The number of ether oxygens (including phenoxy) is 1. The van der Waals surface area contributed by atoms with Crippen LogP contribution in [0.25, 0.3) is 0 Å². The lowest BCUT2D eigenvalue weighted by molar-refractivity contribution is 0.458. The van der Waals surface area contributed by atoms with Gasteiger partial charge in [-0.1, -0.05) is 6.07 Å². The monoisotopic (exact) mass is 229 g/mol. The van der Waals surface area contributed by atoms with E-state index in [1.165, 1.54) is 12.1 Å². The van der Waals surface area contributed by atoms with Gasteiger partial charge in [-0.15, -0.1) is 0 Å². The number of pyridine rings is 1. The van der Waals surface area contributed by atoms with E-state index >= 15 is 0 Å². The minimum Gasteiger partial charge on any atom is -0.439 e. The van der Waals surface area contributed by atoms with Crippen molar-refractivity contribution >= 4 is 5.69 Å². The molecule has 0 spiro atoms. The highest BCUT2D eigenvalue weighted by molar-refractivity contribution is 5.44. The second-order valence-electron chi connectivity index (χ2n) is 3.26. The Morgan fingerprint density at radius 1 is 1.29 bits per heavy atom. The summed E-state index contributed by atoms with van der Waals surface area (Å²) in [6.45, 7) is 0. The maximum atomic E-state index is 13.1. The highest BCUT2D eigenvalue weighted by atomic mass is 19.1. The summed E-state index contributed by atoms with van der Waals surface area (Å²) in [6.07, 6.45) is 0. The molecule has 1 heterocycles. The van der Waals surface area contributed by atoms with E-state index in [2.05, 4.69) is 4.98 Å². The van der Waals surface area contributed by atoms with Crippen molar-refractivity contribution in [2.45, 2.75) is 0 Å². The predicted octanol–water partition coefficient (Wildman–Crippen LogP) is 2.47. The van der Waals surface area contributed by atoms with Gasteiger partial charge in [0.05, 0.1) is 5.69 Å². The number of nitrogen functional groups attached to an aromatic ring is 1. The van der Waals surface area contributed by atoms with Gasteiger partial charge in [-0.3, -0.25) is 0 Å². The molecule has 0 aliphatic rings. The zero-order valence-corrected chi connectivity index (χ0v) is 8.72. The van der Waals surface area contributed by atoms with Gasteiger partial charge in [0.15, 0.2) is 0 Å². The number of hydrogen-bond donors (Lipinski definition) is 1. The molecule has 2 aromatic rings. The summed E-state index contributed by atoms with van der Waals surface area (Å²) in [5, 5.41) is 8.66. The molecule has 0 bridgehead atoms. The first kappa shape index (κ1) is 10.9. The molecular formula is C12H8FN3O.